The number of carbonyl (C=O) groups excluding carboxylic acids is 2. The van der Waals surface area contributed by atoms with Gasteiger partial charge in [-0.3, -0.25) is 9.59 Å². The van der Waals surface area contributed by atoms with Gasteiger partial charge in [-0.1, -0.05) is 23.7 Å². The van der Waals surface area contributed by atoms with Crippen LogP contribution in [0.25, 0.3) is 0 Å². The number of aryl methyl sites for hydroxylation is 1. The van der Waals surface area contributed by atoms with Crippen LogP contribution in [0.4, 0.5) is 5.69 Å². The van der Waals surface area contributed by atoms with Crippen molar-refractivity contribution in [2.45, 2.75) is 23.6 Å². The number of anilines is 1. The second-order valence-electron chi connectivity index (χ2n) is 4.70. The van der Waals surface area contributed by atoms with Crippen molar-refractivity contribution in [1.82, 2.24) is 5.27 Å². The number of thioether (sulfide) groups is 1. The molecule has 0 radical (unpaired) electrons. The minimum Gasteiger partial charge on any atom is -0.538 e. The molecule has 1 aromatic heterocycles. The molecule has 1 aromatic carbocycles. The molecule has 0 aliphatic heterocycles. The maximum atomic E-state index is 12.4. The van der Waals surface area contributed by atoms with E-state index in [2.05, 4.69) is 15.1 Å². The first-order valence-corrected chi connectivity index (χ1v) is 7.71. The summed E-state index contributed by atoms with van der Waals surface area (Å²) in [6.45, 7) is 1.81. The van der Waals surface area contributed by atoms with Gasteiger partial charge in [-0.05, 0) is 30.3 Å². The monoisotopic (exact) mass is 336 g/mol. The van der Waals surface area contributed by atoms with Crippen molar-refractivity contribution in [3.05, 3.63) is 29.8 Å². The summed E-state index contributed by atoms with van der Waals surface area (Å²) in [6, 6.07) is 6.46. The Labute approximate surface area is 136 Å². The minimum absolute atomic E-state index is 0.223. The van der Waals surface area contributed by atoms with Crippen molar-refractivity contribution in [3.63, 3.8) is 0 Å². The number of hydrogen-bond donors (Lipinski definition) is 2. The van der Waals surface area contributed by atoms with Crippen LogP contribution in [0.1, 0.15) is 23.7 Å². The molecule has 3 N–H and O–H groups in total. The fraction of sp³-hybridized carbons (Fsp3) is 0.286. The molecule has 0 saturated carbocycles. The number of nitrogens with one attached hydrogen (secondary N) is 1. The normalized spacial score (nSPS) is 11.9. The van der Waals surface area contributed by atoms with Crippen LogP contribution in [-0.2, 0) is 11.8 Å². The number of aromatic nitrogens is 2. The molecule has 122 valence electrons. The van der Waals surface area contributed by atoms with E-state index in [9.17, 15) is 14.7 Å². The van der Waals surface area contributed by atoms with Gasteiger partial charge in [0.25, 0.3) is 10.9 Å². The Bertz CT molecular complexity index is 712. The van der Waals surface area contributed by atoms with Gasteiger partial charge < -0.3 is 20.7 Å². The highest BCUT2D eigenvalue weighted by Gasteiger charge is 2.26. The van der Waals surface area contributed by atoms with Gasteiger partial charge in [0.05, 0.1) is 21.8 Å². The average molecular weight is 336 g/mol. The number of para-hydroxylation sites is 1. The van der Waals surface area contributed by atoms with Gasteiger partial charge in [0.1, 0.15) is 0 Å². The first kappa shape index (κ1) is 16.8. The second kappa shape index (κ2) is 7.14. The zero-order valence-electron chi connectivity index (χ0n) is 12.6. The van der Waals surface area contributed by atoms with Crippen LogP contribution in [0.3, 0.4) is 0 Å². The van der Waals surface area contributed by atoms with Crippen molar-refractivity contribution >= 4 is 29.3 Å². The lowest BCUT2D eigenvalue weighted by atomic mass is 10.1. The zero-order chi connectivity index (χ0) is 17.0. The van der Waals surface area contributed by atoms with E-state index in [0.717, 1.165) is 11.8 Å². The Kier molecular flexibility index (Phi) is 5.22. The van der Waals surface area contributed by atoms with Gasteiger partial charge in [-0.2, -0.15) is 0 Å². The second-order valence-corrected chi connectivity index (χ2v) is 5.89. The maximum Gasteiger partial charge on any atom is 0.291 e. The number of carbonyl (C=O) groups is 2. The molecule has 1 heterocycles. The smallest absolute Gasteiger partial charge is 0.291 e. The molecule has 2 amide bonds. The minimum atomic E-state index is -0.631. The van der Waals surface area contributed by atoms with Crippen LogP contribution in [0.5, 0.6) is 5.95 Å². The van der Waals surface area contributed by atoms with Crippen LogP contribution < -0.4 is 20.8 Å². The van der Waals surface area contributed by atoms with Gasteiger partial charge in [0.15, 0.2) is 13.0 Å². The van der Waals surface area contributed by atoms with Crippen molar-refractivity contribution in [1.29, 1.82) is 0 Å². The molecular weight excluding hydrogens is 320 g/mol. The summed E-state index contributed by atoms with van der Waals surface area (Å²) in [5, 5.41) is 17.4. The molecule has 0 aliphatic rings. The quantitative estimate of drug-likeness (QED) is 0.572. The van der Waals surface area contributed by atoms with Gasteiger partial charge in [0, 0.05) is 0 Å². The average Bonchev–Trinajstić information content (AvgIpc) is 2.84. The summed E-state index contributed by atoms with van der Waals surface area (Å²) in [5.41, 5.74) is 5.84. The predicted octanol–water partition coefficient (Wildman–Crippen LogP) is 0.181. The molecule has 9 heteroatoms. The van der Waals surface area contributed by atoms with Crippen molar-refractivity contribution < 1.29 is 23.9 Å². The Balaban J connectivity index is 2.17. The molecule has 1 unspecified atom stereocenters. The first-order valence-electron chi connectivity index (χ1n) is 6.83. The Morgan fingerprint density at radius 2 is 2.17 bits per heavy atom. The predicted molar refractivity (Wildman–Crippen MR) is 80.7 cm³/mol. The van der Waals surface area contributed by atoms with E-state index in [1.807, 2.05) is 6.92 Å². The number of rotatable bonds is 6. The Hall–Kier alpha value is -2.55. The Morgan fingerprint density at radius 3 is 2.74 bits per heavy atom. The summed E-state index contributed by atoms with van der Waals surface area (Å²) in [6.07, 6.45) is 0.472. The van der Waals surface area contributed by atoms with Crippen LogP contribution in [-0.4, -0.2) is 22.3 Å². The van der Waals surface area contributed by atoms with E-state index < -0.39 is 17.1 Å². The van der Waals surface area contributed by atoms with Crippen LogP contribution in [0, 0.1) is 0 Å². The number of hydrogen-bond acceptors (Lipinski definition) is 6. The molecule has 1 atom stereocenters. The molecule has 8 nitrogen and oxygen atoms in total. The largest absolute Gasteiger partial charge is 0.538 e. The molecule has 0 saturated heterocycles. The third-order valence-electron chi connectivity index (χ3n) is 3.08. The summed E-state index contributed by atoms with van der Waals surface area (Å²) < 4.78 is 5.81. The maximum absolute atomic E-state index is 12.4. The van der Waals surface area contributed by atoms with Gasteiger partial charge in [-0.25, -0.2) is 0 Å². The first-order chi connectivity index (χ1) is 10.9. The fourth-order valence-electron chi connectivity index (χ4n) is 1.91. The molecule has 0 fully saturated rings. The van der Waals surface area contributed by atoms with Crippen LogP contribution >= 0.6 is 11.8 Å². The van der Waals surface area contributed by atoms with E-state index in [0.29, 0.717) is 12.1 Å². The van der Waals surface area contributed by atoms with Crippen LogP contribution in [0.2, 0.25) is 0 Å². The van der Waals surface area contributed by atoms with E-state index in [1.54, 1.807) is 25.2 Å². The molecule has 23 heavy (non-hydrogen) atoms. The lowest BCUT2D eigenvalue weighted by Gasteiger charge is -2.14. The summed E-state index contributed by atoms with van der Waals surface area (Å²) in [5.74, 6) is -1.57. The molecule has 0 spiro atoms. The lowest BCUT2D eigenvalue weighted by molar-refractivity contribution is -0.772. The zero-order valence-corrected chi connectivity index (χ0v) is 13.4. The van der Waals surface area contributed by atoms with Gasteiger partial charge >= 0.3 is 0 Å². The highest BCUT2D eigenvalue weighted by molar-refractivity contribution is 8.00. The number of amides is 2. The highest BCUT2D eigenvalue weighted by atomic mass is 32.2. The summed E-state index contributed by atoms with van der Waals surface area (Å²) >= 11 is 1.06. The van der Waals surface area contributed by atoms with E-state index in [4.69, 9.17) is 5.73 Å². The summed E-state index contributed by atoms with van der Waals surface area (Å²) in [7, 11) is 1.56. The van der Waals surface area contributed by atoms with Crippen molar-refractivity contribution in [2.75, 3.05) is 5.32 Å². The lowest BCUT2D eigenvalue weighted by Crippen LogP contribution is -2.34. The number of nitrogens with two attached hydrogens (primary N) is 1. The molecule has 2 aromatic rings. The number of benzene rings is 1. The molecule has 0 bridgehead atoms. The highest BCUT2D eigenvalue weighted by Crippen LogP contribution is 2.28. The fourth-order valence-corrected chi connectivity index (χ4v) is 2.83. The Morgan fingerprint density at radius 1 is 1.48 bits per heavy atom. The third kappa shape index (κ3) is 3.81. The van der Waals surface area contributed by atoms with Gasteiger partial charge in [0.2, 0.25) is 5.91 Å². The third-order valence-corrected chi connectivity index (χ3v) is 4.57. The van der Waals surface area contributed by atoms with E-state index >= 15 is 0 Å². The van der Waals surface area contributed by atoms with Crippen molar-refractivity contribution in [3.8, 4) is 5.95 Å². The standard InChI is InChI=1S/C14H16N4O4S/c1-3-10(23-13-14(21)22-17-18(13)2)12(20)16-9-7-5-4-6-8(9)11(15)19/h4-7,10H,3H2,1-2H3,(H3-,15,16,17,19,20,21). The van der Waals surface area contributed by atoms with E-state index in [1.165, 1.54) is 10.7 Å². The van der Waals surface area contributed by atoms with E-state index in [-0.39, 0.29) is 16.5 Å². The number of primary amides is 1. The molecule has 2 rings (SSSR count). The SMILES string of the molecule is CCC(Sc1c([O-])on[n+]1C)C(=O)Nc1ccccc1C(N)=O. The molecule has 0 aliphatic carbocycles. The molecular formula is C14H16N4O4S. The number of nitrogens with zero attached hydrogens (tertiary/aromatic N) is 2. The summed E-state index contributed by atoms with van der Waals surface area (Å²) in [4.78, 5) is 23.8. The topological polar surface area (TPSA) is 125 Å². The van der Waals surface area contributed by atoms with Crippen molar-refractivity contribution in [2.24, 2.45) is 12.8 Å². The van der Waals surface area contributed by atoms with Crippen LogP contribution in [0.15, 0.2) is 33.8 Å². The van der Waals surface area contributed by atoms with Gasteiger partial charge in [-0.15, -0.1) is 0 Å².